The van der Waals surface area contributed by atoms with Gasteiger partial charge in [-0.25, -0.2) is 4.79 Å². The second-order valence-corrected chi connectivity index (χ2v) is 11.1. The molecule has 0 bridgehead atoms. The molecule has 228 valence electrons. The van der Waals surface area contributed by atoms with Gasteiger partial charge in [-0.2, -0.15) is 0 Å². The van der Waals surface area contributed by atoms with E-state index in [1.807, 2.05) is 60.7 Å². The van der Waals surface area contributed by atoms with Crippen LogP contribution >= 0.6 is 15.9 Å². The number of nitrogen functional groups attached to an aromatic ring is 1. The highest BCUT2D eigenvalue weighted by Gasteiger charge is 2.31. The van der Waals surface area contributed by atoms with E-state index in [-0.39, 0.29) is 11.7 Å². The number of ether oxygens (including phenoxy) is 2. The van der Waals surface area contributed by atoms with Gasteiger partial charge in [-0.15, -0.1) is 0 Å². The minimum atomic E-state index is -0.891. The lowest BCUT2D eigenvalue weighted by molar-refractivity contribution is -0.111. The maximum absolute atomic E-state index is 13.3. The van der Waals surface area contributed by atoms with Crippen LogP contribution in [0.5, 0.6) is 11.5 Å². The Kier molecular flexibility index (Phi) is 10.3. The number of allylic oxidation sites excluding steroid dienone is 1. The van der Waals surface area contributed by atoms with Gasteiger partial charge in [-0.05, 0) is 78.9 Å². The Morgan fingerprint density at radius 2 is 1.51 bits per heavy atom. The summed E-state index contributed by atoms with van der Waals surface area (Å²) in [5, 5.41) is 17.5. The zero-order chi connectivity index (χ0) is 31.6. The zero-order valence-electron chi connectivity index (χ0n) is 24.2. The minimum Gasteiger partial charge on any atom is -0.507 e. The molecule has 0 saturated heterocycles. The highest BCUT2D eigenvalue weighted by atomic mass is 79.9. The zero-order valence-corrected chi connectivity index (χ0v) is 25.8. The fourth-order valence-electron chi connectivity index (χ4n) is 4.87. The summed E-state index contributed by atoms with van der Waals surface area (Å²) in [6, 6.07) is 34.1. The molecule has 0 aliphatic rings. The molecule has 2 atom stereocenters. The molecular formula is C36H32BrN3O5. The number of nitrogens with two attached hydrogens (primary N) is 1. The van der Waals surface area contributed by atoms with Gasteiger partial charge in [0.05, 0.1) is 11.4 Å². The second kappa shape index (κ2) is 14.9. The summed E-state index contributed by atoms with van der Waals surface area (Å²) in [6.45, 7) is 0. The maximum Gasteiger partial charge on any atom is 0.412 e. The van der Waals surface area contributed by atoms with E-state index in [1.165, 1.54) is 6.08 Å². The molecule has 0 aromatic heterocycles. The maximum atomic E-state index is 13.3. The third kappa shape index (κ3) is 8.43. The first kappa shape index (κ1) is 31.2. The standard InChI is InChI=1S/C36H32BrN3O5/c37-24-18-20-25(21-19-24)39-36(43)45-35(29-22-23-32(41)28-13-5-4-12-27(28)29)33(44-26-10-2-1-3-11-26)16-8-9-17-34(42)40-31-15-7-6-14-30(31)38/h1-7,9-15,17-23,33,35,41H,8,16,38H2,(H,39,43)(H,40,42)/b17-9+/t33-,35-/m0/s1. The highest BCUT2D eigenvalue weighted by molar-refractivity contribution is 9.10. The van der Waals surface area contributed by atoms with Gasteiger partial charge in [0.25, 0.3) is 0 Å². The lowest BCUT2D eigenvalue weighted by atomic mass is 9.94. The predicted octanol–water partition coefficient (Wildman–Crippen LogP) is 8.60. The molecule has 8 nitrogen and oxygen atoms in total. The van der Waals surface area contributed by atoms with Gasteiger partial charge in [0.15, 0.2) is 6.10 Å². The highest BCUT2D eigenvalue weighted by Crippen LogP contribution is 2.36. The summed E-state index contributed by atoms with van der Waals surface area (Å²) in [6.07, 6.45) is 1.76. The van der Waals surface area contributed by atoms with Gasteiger partial charge in [-0.3, -0.25) is 10.1 Å². The van der Waals surface area contributed by atoms with E-state index in [4.69, 9.17) is 15.2 Å². The van der Waals surface area contributed by atoms with Crippen molar-refractivity contribution in [3.8, 4) is 11.5 Å². The Hall–Kier alpha value is -5.28. The topological polar surface area (TPSA) is 123 Å². The van der Waals surface area contributed by atoms with Crippen LogP contribution in [-0.4, -0.2) is 23.2 Å². The number of benzene rings is 5. The van der Waals surface area contributed by atoms with Crippen LogP contribution in [0.15, 0.2) is 132 Å². The van der Waals surface area contributed by atoms with E-state index in [0.29, 0.717) is 46.6 Å². The molecule has 2 amide bonds. The molecule has 9 heteroatoms. The summed E-state index contributed by atoms with van der Waals surface area (Å²) >= 11 is 3.40. The van der Waals surface area contributed by atoms with Gasteiger partial charge in [0, 0.05) is 21.1 Å². The Morgan fingerprint density at radius 1 is 0.822 bits per heavy atom. The molecular weight excluding hydrogens is 634 g/mol. The summed E-state index contributed by atoms with van der Waals surface area (Å²) in [5.41, 5.74) is 8.17. The lowest BCUT2D eigenvalue weighted by Crippen LogP contribution is -2.31. The molecule has 0 aliphatic heterocycles. The number of anilines is 3. The first-order valence-corrected chi connectivity index (χ1v) is 15.1. The molecule has 0 heterocycles. The van der Waals surface area contributed by atoms with Crippen molar-refractivity contribution in [1.29, 1.82) is 0 Å². The number of hydrogen-bond donors (Lipinski definition) is 4. The van der Waals surface area contributed by atoms with Gasteiger partial charge in [0.1, 0.15) is 17.6 Å². The Bertz CT molecular complexity index is 1790. The monoisotopic (exact) mass is 665 g/mol. The molecule has 0 fully saturated rings. The Balaban J connectivity index is 1.43. The summed E-state index contributed by atoms with van der Waals surface area (Å²) in [5.74, 6) is 0.384. The van der Waals surface area contributed by atoms with Crippen LogP contribution in [0.3, 0.4) is 0 Å². The first-order valence-electron chi connectivity index (χ1n) is 14.3. The van der Waals surface area contributed by atoms with Crippen molar-refractivity contribution in [2.24, 2.45) is 0 Å². The van der Waals surface area contributed by atoms with E-state index < -0.39 is 18.3 Å². The van der Waals surface area contributed by atoms with Crippen LogP contribution in [0.2, 0.25) is 0 Å². The number of phenolic OH excluding ortho intramolecular Hbond substituents is 1. The van der Waals surface area contributed by atoms with Gasteiger partial charge in [0.2, 0.25) is 5.91 Å². The molecule has 5 N–H and O–H groups in total. The lowest BCUT2D eigenvalue weighted by Gasteiger charge is -2.29. The Morgan fingerprint density at radius 3 is 2.27 bits per heavy atom. The summed E-state index contributed by atoms with van der Waals surface area (Å²) < 4.78 is 13.5. The van der Waals surface area contributed by atoms with Crippen LogP contribution in [-0.2, 0) is 9.53 Å². The van der Waals surface area contributed by atoms with E-state index in [2.05, 4.69) is 26.6 Å². The van der Waals surface area contributed by atoms with Crippen molar-refractivity contribution >= 4 is 55.8 Å². The van der Waals surface area contributed by atoms with Crippen LogP contribution in [0.25, 0.3) is 10.8 Å². The normalized spacial score (nSPS) is 12.4. The molecule has 5 aromatic carbocycles. The number of fused-ring (bicyclic) bond motifs is 1. The fraction of sp³-hybridized carbons (Fsp3) is 0.111. The average Bonchev–Trinajstić information content (AvgIpc) is 3.05. The molecule has 5 aromatic rings. The van der Waals surface area contributed by atoms with E-state index in [1.54, 1.807) is 60.7 Å². The van der Waals surface area contributed by atoms with E-state index in [9.17, 15) is 14.7 Å². The smallest absolute Gasteiger partial charge is 0.412 e. The number of phenols is 1. The molecule has 0 unspecified atom stereocenters. The molecule has 5 rings (SSSR count). The van der Waals surface area contributed by atoms with Crippen LogP contribution < -0.4 is 21.1 Å². The molecule has 0 spiro atoms. The number of nitrogens with one attached hydrogen (secondary N) is 2. The molecule has 0 aliphatic carbocycles. The fourth-order valence-corrected chi connectivity index (χ4v) is 5.14. The van der Waals surface area contributed by atoms with Crippen LogP contribution in [0.4, 0.5) is 21.9 Å². The third-order valence-corrected chi connectivity index (χ3v) is 7.57. The average molecular weight is 667 g/mol. The number of para-hydroxylation sites is 3. The molecule has 45 heavy (non-hydrogen) atoms. The van der Waals surface area contributed by atoms with E-state index >= 15 is 0 Å². The largest absolute Gasteiger partial charge is 0.507 e. The van der Waals surface area contributed by atoms with Crippen LogP contribution in [0, 0.1) is 0 Å². The second-order valence-electron chi connectivity index (χ2n) is 10.2. The van der Waals surface area contributed by atoms with Crippen molar-refractivity contribution < 1.29 is 24.2 Å². The predicted molar refractivity (Wildman–Crippen MR) is 181 cm³/mol. The van der Waals surface area contributed by atoms with Gasteiger partial charge in [-0.1, -0.05) is 82.7 Å². The number of hydrogen-bond acceptors (Lipinski definition) is 6. The van der Waals surface area contributed by atoms with Gasteiger partial charge < -0.3 is 25.6 Å². The van der Waals surface area contributed by atoms with Crippen molar-refractivity contribution in [3.63, 3.8) is 0 Å². The van der Waals surface area contributed by atoms with Gasteiger partial charge >= 0.3 is 6.09 Å². The van der Waals surface area contributed by atoms with Crippen molar-refractivity contribution in [2.75, 3.05) is 16.4 Å². The number of carbonyl (C=O) groups is 2. The first-order chi connectivity index (χ1) is 21.9. The number of halogens is 1. The summed E-state index contributed by atoms with van der Waals surface area (Å²) in [4.78, 5) is 25.9. The molecule has 0 saturated carbocycles. The Labute approximate surface area is 269 Å². The number of carbonyl (C=O) groups excluding carboxylic acids is 2. The van der Waals surface area contributed by atoms with Crippen LogP contribution in [0.1, 0.15) is 24.5 Å². The SMILES string of the molecule is Nc1ccccc1NC(=O)/C=C/CC[C@H](Oc1ccccc1)[C@@H](OC(=O)Nc1ccc(Br)cc1)c1ccc(O)c2ccccc12. The molecule has 0 radical (unpaired) electrons. The summed E-state index contributed by atoms with van der Waals surface area (Å²) in [7, 11) is 0. The van der Waals surface area contributed by atoms with Crippen molar-refractivity contribution in [3.05, 3.63) is 137 Å². The number of rotatable bonds is 11. The van der Waals surface area contributed by atoms with E-state index in [0.717, 1.165) is 9.86 Å². The number of amides is 2. The minimum absolute atomic E-state index is 0.112. The van der Waals surface area contributed by atoms with Crippen molar-refractivity contribution in [2.45, 2.75) is 25.0 Å². The third-order valence-electron chi connectivity index (χ3n) is 7.04. The quantitative estimate of drug-likeness (QED) is 0.0827. The van der Waals surface area contributed by atoms with Crippen molar-refractivity contribution in [1.82, 2.24) is 0 Å². The number of aromatic hydroxyl groups is 1.